The fraction of sp³-hybridized carbons (Fsp3) is 0.794. The molecule has 228 valence electrons. The maximum Gasteiger partial charge on any atom is 0.220 e. The average Bonchev–Trinajstić information content (AvgIpc) is 2.94. The molecule has 0 saturated carbocycles. The van der Waals surface area contributed by atoms with E-state index in [4.69, 9.17) is 0 Å². The summed E-state index contributed by atoms with van der Waals surface area (Å²) in [5, 5.41) is 33.1. The highest BCUT2D eigenvalue weighted by molar-refractivity contribution is 5.76. The van der Waals surface area contributed by atoms with Gasteiger partial charge in [0.15, 0.2) is 0 Å². The van der Waals surface area contributed by atoms with Crippen LogP contribution in [-0.4, -0.2) is 46.1 Å². The molecule has 0 bridgehead atoms. The van der Waals surface area contributed by atoms with E-state index in [0.29, 0.717) is 12.8 Å². The van der Waals surface area contributed by atoms with Crippen molar-refractivity contribution < 1.29 is 20.1 Å². The highest BCUT2D eigenvalue weighted by Crippen LogP contribution is 2.12. The summed E-state index contributed by atoms with van der Waals surface area (Å²) < 4.78 is 0. The number of unbranched alkanes of at least 4 members (excludes halogenated alkanes) is 15. The lowest BCUT2D eigenvalue weighted by molar-refractivity contribution is -0.124. The molecule has 0 saturated heterocycles. The summed E-state index contributed by atoms with van der Waals surface area (Å²) >= 11 is 0. The highest BCUT2D eigenvalue weighted by Gasteiger charge is 2.26. The SMILES string of the molecule is CCCCC/C=C\C=C/CCCCCCCCC(=O)NC(CO)C(O)C(O)CCC/C=C/CCCCCCC. The Balaban J connectivity index is 3.82. The van der Waals surface area contributed by atoms with Crippen molar-refractivity contribution in [1.82, 2.24) is 5.32 Å². The number of carbonyl (C=O) groups excluding carboxylic acids is 1. The molecule has 0 radical (unpaired) electrons. The van der Waals surface area contributed by atoms with E-state index in [1.165, 1.54) is 77.0 Å². The largest absolute Gasteiger partial charge is 0.394 e. The molecule has 4 N–H and O–H groups in total. The minimum Gasteiger partial charge on any atom is -0.394 e. The lowest BCUT2D eigenvalue weighted by Crippen LogP contribution is -2.50. The minimum absolute atomic E-state index is 0.171. The molecule has 5 heteroatoms. The van der Waals surface area contributed by atoms with Crippen LogP contribution in [0.4, 0.5) is 0 Å². The Hall–Kier alpha value is -1.43. The zero-order valence-corrected chi connectivity index (χ0v) is 25.5. The number of allylic oxidation sites excluding steroid dienone is 6. The van der Waals surface area contributed by atoms with Crippen LogP contribution in [0.5, 0.6) is 0 Å². The molecule has 0 aromatic carbocycles. The van der Waals surface area contributed by atoms with Gasteiger partial charge in [0.1, 0.15) is 6.10 Å². The van der Waals surface area contributed by atoms with Crippen LogP contribution in [-0.2, 0) is 4.79 Å². The number of aliphatic hydroxyl groups is 3. The van der Waals surface area contributed by atoms with Gasteiger partial charge in [0.05, 0.1) is 18.8 Å². The van der Waals surface area contributed by atoms with Gasteiger partial charge in [-0.25, -0.2) is 0 Å². The molecule has 39 heavy (non-hydrogen) atoms. The predicted molar refractivity (Wildman–Crippen MR) is 167 cm³/mol. The van der Waals surface area contributed by atoms with Gasteiger partial charge in [-0.3, -0.25) is 4.79 Å². The van der Waals surface area contributed by atoms with Gasteiger partial charge < -0.3 is 20.6 Å². The maximum atomic E-state index is 12.3. The summed E-state index contributed by atoms with van der Waals surface area (Å²) in [7, 11) is 0. The summed E-state index contributed by atoms with van der Waals surface area (Å²) in [6, 6.07) is -0.828. The fourth-order valence-electron chi connectivity index (χ4n) is 4.62. The summed E-state index contributed by atoms with van der Waals surface area (Å²) in [5.74, 6) is -0.171. The van der Waals surface area contributed by atoms with Crippen molar-refractivity contribution in [3.63, 3.8) is 0 Å². The van der Waals surface area contributed by atoms with E-state index in [2.05, 4.69) is 55.6 Å². The first-order valence-electron chi connectivity index (χ1n) is 16.3. The van der Waals surface area contributed by atoms with Crippen molar-refractivity contribution in [3.8, 4) is 0 Å². The number of rotatable bonds is 28. The standard InChI is InChI=1S/C34H63NO4/c1-3-5-7-9-11-13-15-16-17-18-19-21-23-25-27-29-33(38)35-31(30-36)34(39)32(37)28-26-24-22-20-14-12-10-8-6-4-2/h11,13,15-16,20,22,31-32,34,36-37,39H,3-10,12,14,17-19,21,23-30H2,1-2H3,(H,35,38)/b13-11-,16-15-,22-20+. The molecule has 0 aliphatic rings. The Kier molecular flexibility index (Phi) is 28.5. The molecule has 0 aromatic rings. The zero-order valence-electron chi connectivity index (χ0n) is 25.5. The van der Waals surface area contributed by atoms with Crippen LogP contribution in [0.1, 0.15) is 149 Å². The van der Waals surface area contributed by atoms with Crippen LogP contribution < -0.4 is 5.32 Å². The highest BCUT2D eigenvalue weighted by atomic mass is 16.3. The maximum absolute atomic E-state index is 12.3. The van der Waals surface area contributed by atoms with Crippen LogP contribution in [0, 0.1) is 0 Å². The van der Waals surface area contributed by atoms with Crippen molar-refractivity contribution in [2.75, 3.05) is 6.61 Å². The van der Waals surface area contributed by atoms with Crippen LogP contribution >= 0.6 is 0 Å². The third kappa shape index (κ3) is 25.3. The molecule has 0 heterocycles. The van der Waals surface area contributed by atoms with Crippen LogP contribution in [0.3, 0.4) is 0 Å². The van der Waals surface area contributed by atoms with Gasteiger partial charge in [0.2, 0.25) is 5.91 Å². The van der Waals surface area contributed by atoms with Crippen molar-refractivity contribution in [2.24, 2.45) is 0 Å². The molecule has 0 aromatic heterocycles. The van der Waals surface area contributed by atoms with E-state index < -0.39 is 18.2 Å². The van der Waals surface area contributed by atoms with Gasteiger partial charge in [0, 0.05) is 6.42 Å². The Bertz CT molecular complexity index is 616. The van der Waals surface area contributed by atoms with Gasteiger partial charge >= 0.3 is 0 Å². The van der Waals surface area contributed by atoms with Crippen molar-refractivity contribution in [2.45, 2.75) is 167 Å². The van der Waals surface area contributed by atoms with Crippen molar-refractivity contribution in [1.29, 1.82) is 0 Å². The Morgan fingerprint density at radius 3 is 1.69 bits per heavy atom. The molecule has 0 aliphatic heterocycles. The van der Waals surface area contributed by atoms with E-state index in [-0.39, 0.29) is 12.5 Å². The first-order valence-corrected chi connectivity index (χ1v) is 16.3. The molecule has 5 nitrogen and oxygen atoms in total. The number of hydrogen-bond acceptors (Lipinski definition) is 4. The van der Waals surface area contributed by atoms with Gasteiger partial charge in [-0.15, -0.1) is 0 Å². The quantitative estimate of drug-likeness (QED) is 0.0451. The molecule has 3 unspecified atom stereocenters. The van der Waals surface area contributed by atoms with E-state index in [1.807, 2.05) is 0 Å². The lowest BCUT2D eigenvalue weighted by Gasteiger charge is -2.26. The Labute approximate surface area is 241 Å². The first kappa shape index (κ1) is 37.6. The first-order chi connectivity index (χ1) is 19.1. The number of aliphatic hydroxyl groups excluding tert-OH is 3. The summed E-state index contributed by atoms with van der Waals surface area (Å²) in [6.07, 6.45) is 33.7. The Morgan fingerprint density at radius 2 is 1.10 bits per heavy atom. The van der Waals surface area contributed by atoms with Gasteiger partial charge in [-0.1, -0.05) is 115 Å². The topological polar surface area (TPSA) is 89.8 Å². The number of nitrogens with one attached hydrogen (secondary N) is 1. The molecular formula is C34H63NO4. The molecule has 0 spiro atoms. The van der Waals surface area contributed by atoms with E-state index in [9.17, 15) is 20.1 Å². The van der Waals surface area contributed by atoms with Gasteiger partial charge in [-0.2, -0.15) is 0 Å². The summed E-state index contributed by atoms with van der Waals surface area (Å²) in [6.45, 7) is 4.07. The number of amides is 1. The summed E-state index contributed by atoms with van der Waals surface area (Å²) in [5.41, 5.74) is 0. The normalized spacial score (nSPS) is 14.5. The zero-order chi connectivity index (χ0) is 28.8. The summed E-state index contributed by atoms with van der Waals surface area (Å²) in [4.78, 5) is 12.3. The molecule has 1 amide bonds. The number of hydrogen-bond donors (Lipinski definition) is 4. The molecule has 0 aliphatic carbocycles. The molecule has 0 rings (SSSR count). The number of carbonyl (C=O) groups is 1. The van der Waals surface area contributed by atoms with Gasteiger partial charge in [0.25, 0.3) is 0 Å². The lowest BCUT2D eigenvalue weighted by atomic mass is 10.0. The van der Waals surface area contributed by atoms with E-state index >= 15 is 0 Å². The van der Waals surface area contributed by atoms with Crippen molar-refractivity contribution >= 4 is 5.91 Å². The van der Waals surface area contributed by atoms with E-state index in [0.717, 1.165) is 44.9 Å². The van der Waals surface area contributed by atoms with Gasteiger partial charge in [-0.05, 0) is 64.2 Å². The third-order valence-electron chi connectivity index (χ3n) is 7.24. The van der Waals surface area contributed by atoms with E-state index in [1.54, 1.807) is 0 Å². The second kappa shape index (κ2) is 29.6. The Morgan fingerprint density at radius 1 is 0.641 bits per heavy atom. The van der Waals surface area contributed by atoms with Crippen LogP contribution in [0.25, 0.3) is 0 Å². The second-order valence-corrected chi connectivity index (χ2v) is 11.0. The molecule has 0 fully saturated rings. The minimum atomic E-state index is -1.16. The smallest absolute Gasteiger partial charge is 0.220 e. The predicted octanol–water partition coefficient (Wildman–Crippen LogP) is 8.09. The second-order valence-electron chi connectivity index (χ2n) is 11.0. The van der Waals surface area contributed by atoms with Crippen molar-refractivity contribution in [3.05, 3.63) is 36.5 Å². The monoisotopic (exact) mass is 549 g/mol. The molecule has 3 atom stereocenters. The fourth-order valence-corrected chi connectivity index (χ4v) is 4.62. The third-order valence-corrected chi connectivity index (χ3v) is 7.24. The van der Waals surface area contributed by atoms with Crippen LogP contribution in [0.15, 0.2) is 36.5 Å². The average molecular weight is 550 g/mol. The van der Waals surface area contributed by atoms with Crippen LogP contribution in [0.2, 0.25) is 0 Å². The molecular weight excluding hydrogens is 486 g/mol.